The van der Waals surface area contributed by atoms with Crippen LogP contribution in [0.3, 0.4) is 0 Å². The second-order valence-corrected chi connectivity index (χ2v) is 1.92. The number of nitrogens with zero attached hydrogens (tertiary/aromatic N) is 1. The summed E-state index contributed by atoms with van der Waals surface area (Å²) >= 11 is 5.58. The lowest BCUT2D eigenvalue weighted by Crippen LogP contribution is -2.48. The van der Waals surface area contributed by atoms with Crippen molar-refractivity contribution < 1.29 is 0 Å². The molecule has 0 fully saturated rings. The van der Waals surface area contributed by atoms with Crippen LogP contribution in [0.4, 0.5) is 0 Å². The summed E-state index contributed by atoms with van der Waals surface area (Å²) in [4.78, 5) is 3.78. The topological polar surface area (TPSA) is 62.4 Å². The van der Waals surface area contributed by atoms with Crippen molar-refractivity contribution >= 4 is 16.8 Å². The van der Waals surface area contributed by atoms with Crippen LogP contribution in [0.1, 0.15) is 0 Å². The highest BCUT2D eigenvalue weighted by Gasteiger charge is 2.10. The van der Waals surface area contributed by atoms with E-state index in [0.717, 1.165) is 0 Å². The molecule has 1 heterocycles. The third-order valence-corrected chi connectivity index (χ3v) is 1.26. The maximum atomic E-state index is 5.58. The lowest BCUT2D eigenvalue weighted by atomic mass is 10.5. The van der Waals surface area contributed by atoms with Gasteiger partial charge in [-0.3, -0.25) is 5.84 Å². The van der Waals surface area contributed by atoms with Crippen molar-refractivity contribution in [2.75, 3.05) is 0 Å². The van der Waals surface area contributed by atoms with Crippen LogP contribution in [0, 0.1) is 0 Å². The Balaban J connectivity index is 2.59. The van der Waals surface area contributed by atoms with Crippen LogP contribution < -0.4 is 16.6 Å². The van der Waals surface area contributed by atoms with Crippen molar-refractivity contribution in [3.05, 3.63) is 12.4 Å². The average Bonchev–Trinajstić information content (AvgIpc) is 1.89. The molecule has 0 aromatic rings. The van der Waals surface area contributed by atoms with Gasteiger partial charge in [-0.2, -0.15) is 0 Å². The fourth-order valence-corrected chi connectivity index (χ4v) is 0.690. The maximum Gasteiger partial charge on any atom is 0.144 e. The summed E-state index contributed by atoms with van der Waals surface area (Å²) in [5, 5.41) is 3.26. The molecule has 0 radical (unpaired) electrons. The standard InChI is InChI=1S/C4H7ClN4/c5-3-4(9-6)8-2-1-7-3/h1-2,4,8-9H,6H2/t4-/m0/s1. The van der Waals surface area contributed by atoms with Gasteiger partial charge in [0.25, 0.3) is 0 Å². The number of nitrogens with one attached hydrogen (secondary N) is 2. The number of halogens is 1. The number of rotatable bonds is 1. The largest absolute Gasteiger partial charge is 0.368 e. The number of hydrogen-bond donors (Lipinski definition) is 3. The Morgan fingerprint density at radius 3 is 3.11 bits per heavy atom. The summed E-state index contributed by atoms with van der Waals surface area (Å²) < 4.78 is 0. The van der Waals surface area contributed by atoms with E-state index in [-0.39, 0.29) is 6.17 Å². The average molecular weight is 147 g/mol. The summed E-state index contributed by atoms with van der Waals surface area (Å²) in [6.07, 6.45) is 2.99. The minimum atomic E-state index is -0.239. The first kappa shape index (κ1) is 6.54. The Labute approximate surface area is 57.7 Å². The molecule has 1 atom stereocenters. The van der Waals surface area contributed by atoms with E-state index in [1.165, 1.54) is 0 Å². The summed E-state index contributed by atoms with van der Waals surface area (Å²) in [7, 11) is 0. The van der Waals surface area contributed by atoms with Gasteiger partial charge in [-0.15, -0.1) is 0 Å². The quantitative estimate of drug-likeness (QED) is 0.345. The monoisotopic (exact) mass is 146 g/mol. The van der Waals surface area contributed by atoms with Crippen LogP contribution in [0.25, 0.3) is 0 Å². The molecule has 5 heteroatoms. The van der Waals surface area contributed by atoms with Gasteiger partial charge in [0, 0.05) is 12.4 Å². The normalized spacial score (nSPS) is 25.1. The predicted octanol–water partition coefficient (Wildman–Crippen LogP) is -0.512. The van der Waals surface area contributed by atoms with Crippen molar-refractivity contribution in [1.82, 2.24) is 10.7 Å². The first-order chi connectivity index (χ1) is 4.34. The molecule has 4 nitrogen and oxygen atoms in total. The third-order valence-electron chi connectivity index (χ3n) is 0.940. The summed E-state index contributed by atoms with van der Waals surface area (Å²) in [5.41, 5.74) is 2.43. The van der Waals surface area contributed by atoms with Crippen LogP contribution in [0.5, 0.6) is 0 Å². The first-order valence-corrected chi connectivity index (χ1v) is 2.83. The molecule has 0 unspecified atom stereocenters. The highest BCUT2D eigenvalue weighted by Crippen LogP contribution is 1.96. The molecule has 4 N–H and O–H groups in total. The van der Waals surface area contributed by atoms with Gasteiger partial charge >= 0.3 is 0 Å². The minimum Gasteiger partial charge on any atom is -0.368 e. The SMILES string of the molecule is NN[C@@H]1NC=CN=C1Cl. The van der Waals surface area contributed by atoms with Crippen molar-refractivity contribution in [3.8, 4) is 0 Å². The molecule has 1 aliphatic heterocycles. The minimum absolute atomic E-state index is 0.239. The van der Waals surface area contributed by atoms with Crippen molar-refractivity contribution in [1.29, 1.82) is 0 Å². The number of hydrogen-bond acceptors (Lipinski definition) is 4. The number of hydrazine groups is 1. The first-order valence-electron chi connectivity index (χ1n) is 2.45. The highest BCUT2D eigenvalue weighted by molar-refractivity contribution is 6.66. The number of nitrogens with two attached hydrogens (primary N) is 1. The summed E-state index contributed by atoms with van der Waals surface area (Å²) in [6.45, 7) is 0. The molecule has 0 saturated heterocycles. The Morgan fingerprint density at radius 2 is 2.67 bits per heavy atom. The van der Waals surface area contributed by atoms with Gasteiger partial charge in [-0.05, 0) is 0 Å². The second kappa shape index (κ2) is 2.82. The van der Waals surface area contributed by atoms with Gasteiger partial charge in [0.15, 0.2) is 0 Å². The molecule has 0 aromatic heterocycles. The van der Waals surface area contributed by atoms with E-state index in [1.807, 2.05) is 0 Å². The molecule has 0 amide bonds. The Kier molecular flexibility index (Phi) is 2.05. The molecule has 0 saturated carbocycles. The molecular formula is C4H7ClN4. The van der Waals surface area contributed by atoms with E-state index < -0.39 is 0 Å². The van der Waals surface area contributed by atoms with E-state index in [0.29, 0.717) is 5.17 Å². The maximum absolute atomic E-state index is 5.58. The van der Waals surface area contributed by atoms with Gasteiger partial charge < -0.3 is 5.32 Å². The fourth-order valence-electron chi connectivity index (χ4n) is 0.508. The molecular weight excluding hydrogens is 140 g/mol. The lowest BCUT2D eigenvalue weighted by molar-refractivity contribution is 0.599. The van der Waals surface area contributed by atoms with Gasteiger partial charge in [0.1, 0.15) is 11.3 Å². The Bertz CT molecular complexity index is 153. The van der Waals surface area contributed by atoms with Gasteiger partial charge in [0.05, 0.1) is 0 Å². The van der Waals surface area contributed by atoms with E-state index in [1.54, 1.807) is 12.4 Å². The summed E-state index contributed by atoms with van der Waals surface area (Å²) in [5.74, 6) is 5.08. The highest BCUT2D eigenvalue weighted by atomic mass is 35.5. The molecule has 0 aromatic carbocycles. The third kappa shape index (κ3) is 1.41. The van der Waals surface area contributed by atoms with E-state index in [2.05, 4.69) is 15.7 Å². The smallest absolute Gasteiger partial charge is 0.144 e. The Hall–Kier alpha value is -0.580. The van der Waals surface area contributed by atoms with Crippen LogP contribution >= 0.6 is 11.6 Å². The lowest BCUT2D eigenvalue weighted by Gasteiger charge is -2.15. The fraction of sp³-hybridized carbons (Fsp3) is 0.250. The van der Waals surface area contributed by atoms with Gasteiger partial charge in [-0.25, -0.2) is 10.4 Å². The van der Waals surface area contributed by atoms with E-state index in [9.17, 15) is 0 Å². The van der Waals surface area contributed by atoms with Crippen LogP contribution in [-0.2, 0) is 0 Å². The van der Waals surface area contributed by atoms with Crippen LogP contribution in [0.15, 0.2) is 17.4 Å². The van der Waals surface area contributed by atoms with Gasteiger partial charge in [-0.1, -0.05) is 11.6 Å². The molecule has 50 valence electrons. The molecule has 0 aliphatic carbocycles. The van der Waals surface area contributed by atoms with Gasteiger partial charge in [0.2, 0.25) is 0 Å². The molecule has 9 heavy (non-hydrogen) atoms. The second-order valence-electron chi connectivity index (χ2n) is 1.53. The zero-order chi connectivity index (χ0) is 6.69. The van der Waals surface area contributed by atoms with Crippen LogP contribution in [0.2, 0.25) is 0 Å². The zero-order valence-electron chi connectivity index (χ0n) is 4.63. The predicted molar refractivity (Wildman–Crippen MR) is 36.7 cm³/mol. The molecule has 1 aliphatic rings. The molecule has 0 spiro atoms. The molecule has 0 bridgehead atoms. The van der Waals surface area contributed by atoms with Crippen molar-refractivity contribution in [2.45, 2.75) is 6.17 Å². The zero-order valence-corrected chi connectivity index (χ0v) is 5.39. The number of aliphatic imine (C=N–C) groups is 1. The van der Waals surface area contributed by atoms with E-state index in [4.69, 9.17) is 17.4 Å². The van der Waals surface area contributed by atoms with Crippen LogP contribution in [-0.4, -0.2) is 11.3 Å². The van der Waals surface area contributed by atoms with E-state index >= 15 is 0 Å². The summed E-state index contributed by atoms with van der Waals surface area (Å²) in [6, 6.07) is 0. The molecule has 1 rings (SSSR count). The van der Waals surface area contributed by atoms with Crippen molar-refractivity contribution in [2.24, 2.45) is 10.8 Å². The Morgan fingerprint density at radius 1 is 1.89 bits per heavy atom. The van der Waals surface area contributed by atoms with Crippen molar-refractivity contribution in [3.63, 3.8) is 0 Å².